The fourth-order valence-electron chi connectivity index (χ4n) is 3.24. The fraction of sp³-hybridized carbons (Fsp3) is 0.208. The Hall–Kier alpha value is -3.25. The van der Waals surface area contributed by atoms with Gasteiger partial charge in [0.05, 0.1) is 6.04 Å². The van der Waals surface area contributed by atoms with E-state index in [0.29, 0.717) is 0 Å². The summed E-state index contributed by atoms with van der Waals surface area (Å²) in [7, 11) is 0. The SMILES string of the molecule is C[C@H]([NH2+]CC(=O)N[C@@H](c1ccccc1)c1ccc(OC(F)F)cc1)c1ccccc1. The van der Waals surface area contributed by atoms with E-state index in [2.05, 4.69) is 17.0 Å². The number of alkyl halides is 2. The molecule has 0 saturated carbocycles. The number of nitrogens with one attached hydrogen (secondary N) is 1. The molecule has 0 aliphatic heterocycles. The van der Waals surface area contributed by atoms with Crippen molar-refractivity contribution in [1.29, 1.82) is 0 Å². The van der Waals surface area contributed by atoms with Gasteiger partial charge in [0.1, 0.15) is 11.8 Å². The lowest BCUT2D eigenvalue weighted by Crippen LogP contribution is -2.87. The smallest absolute Gasteiger partial charge is 0.387 e. The number of halogens is 2. The van der Waals surface area contributed by atoms with Crippen LogP contribution >= 0.6 is 0 Å². The molecule has 0 radical (unpaired) electrons. The highest BCUT2D eigenvalue weighted by molar-refractivity contribution is 5.77. The monoisotopic (exact) mass is 411 g/mol. The van der Waals surface area contributed by atoms with E-state index >= 15 is 0 Å². The fourth-order valence-corrected chi connectivity index (χ4v) is 3.24. The van der Waals surface area contributed by atoms with Crippen molar-refractivity contribution in [2.75, 3.05) is 6.54 Å². The van der Waals surface area contributed by atoms with Crippen molar-refractivity contribution in [2.45, 2.75) is 25.6 Å². The molecule has 0 spiro atoms. The largest absolute Gasteiger partial charge is 0.435 e. The average Bonchev–Trinajstić information content (AvgIpc) is 2.77. The van der Waals surface area contributed by atoms with Crippen molar-refractivity contribution < 1.29 is 23.6 Å². The van der Waals surface area contributed by atoms with Crippen LogP contribution in [0.3, 0.4) is 0 Å². The van der Waals surface area contributed by atoms with Gasteiger partial charge >= 0.3 is 6.61 Å². The normalized spacial score (nSPS) is 12.9. The Balaban J connectivity index is 1.69. The maximum atomic E-state index is 12.7. The number of carbonyl (C=O) groups is 1. The molecule has 0 aliphatic rings. The first-order chi connectivity index (χ1) is 14.5. The second-order valence-corrected chi connectivity index (χ2v) is 7.00. The quantitative estimate of drug-likeness (QED) is 0.563. The lowest BCUT2D eigenvalue weighted by atomic mass is 9.98. The van der Waals surface area contributed by atoms with Crippen LogP contribution in [-0.4, -0.2) is 19.1 Å². The van der Waals surface area contributed by atoms with Crippen molar-refractivity contribution in [1.82, 2.24) is 5.32 Å². The number of benzene rings is 3. The van der Waals surface area contributed by atoms with E-state index in [1.54, 1.807) is 12.1 Å². The number of ether oxygens (including phenoxy) is 1. The van der Waals surface area contributed by atoms with Crippen molar-refractivity contribution in [2.24, 2.45) is 0 Å². The lowest BCUT2D eigenvalue weighted by molar-refractivity contribution is -0.682. The number of carbonyl (C=O) groups excluding carboxylic acids is 1. The van der Waals surface area contributed by atoms with Crippen molar-refractivity contribution >= 4 is 5.91 Å². The van der Waals surface area contributed by atoms with Crippen molar-refractivity contribution in [3.63, 3.8) is 0 Å². The van der Waals surface area contributed by atoms with Gasteiger partial charge in [0.2, 0.25) is 0 Å². The van der Waals surface area contributed by atoms with E-state index in [0.717, 1.165) is 16.7 Å². The number of nitrogens with two attached hydrogens (primary N) is 1. The Morgan fingerprint density at radius 2 is 1.40 bits per heavy atom. The standard InChI is InChI=1S/C24H24F2N2O2/c1-17(18-8-4-2-5-9-18)27-16-22(29)28-23(19-10-6-3-7-11-19)20-12-14-21(15-13-20)30-24(25)26/h2-15,17,23-24,27H,16H2,1H3,(H,28,29)/p+1/t17-,23-/m0/s1. The maximum absolute atomic E-state index is 12.7. The summed E-state index contributed by atoms with van der Waals surface area (Å²) in [4.78, 5) is 12.7. The molecule has 0 heterocycles. The van der Waals surface area contributed by atoms with Gasteiger partial charge in [-0.2, -0.15) is 8.78 Å². The maximum Gasteiger partial charge on any atom is 0.387 e. The minimum absolute atomic E-state index is 0.0805. The van der Waals surface area contributed by atoms with Crippen LogP contribution in [0.15, 0.2) is 84.9 Å². The Bertz CT molecular complexity index is 919. The molecule has 3 aromatic carbocycles. The van der Waals surface area contributed by atoms with E-state index in [4.69, 9.17) is 0 Å². The van der Waals surface area contributed by atoms with E-state index in [9.17, 15) is 13.6 Å². The third-order valence-corrected chi connectivity index (χ3v) is 4.86. The summed E-state index contributed by atoms with van der Waals surface area (Å²) in [5, 5.41) is 5.04. The molecule has 3 N–H and O–H groups in total. The molecular weight excluding hydrogens is 386 g/mol. The van der Waals surface area contributed by atoms with Crippen LogP contribution in [0.2, 0.25) is 0 Å². The van der Waals surface area contributed by atoms with Crippen molar-refractivity contribution in [3.8, 4) is 5.75 Å². The summed E-state index contributed by atoms with van der Waals surface area (Å²) in [5.74, 6) is -0.0311. The molecule has 0 saturated heterocycles. The van der Waals surface area contributed by atoms with Gasteiger partial charge in [-0.05, 0) is 30.2 Å². The molecule has 3 aromatic rings. The lowest BCUT2D eigenvalue weighted by Gasteiger charge is -2.20. The van der Waals surface area contributed by atoms with Gasteiger partial charge in [0.25, 0.3) is 5.91 Å². The molecule has 0 aliphatic carbocycles. The van der Waals surface area contributed by atoms with Gasteiger partial charge in [-0.15, -0.1) is 0 Å². The number of quaternary nitrogens is 1. The van der Waals surface area contributed by atoms with E-state index in [1.807, 2.05) is 66.0 Å². The number of amides is 1. The number of rotatable bonds is 9. The molecule has 156 valence electrons. The molecule has 0 fully saturated rings. The zero-order chi connectivity index (χ0) is 21.3. The molecule has 3 rings (SSSR count). The highest BCUT2D eigenvalue weighted by atomic mass is 19.3. The number of hydrogen-bond donors (Lipinski definition) is 2. The summed E-state index contributed by atoms with van der Waals surface area (Å²) < 4.78 is 29.2. The van der Waals surface area contributed by atoms with Crippen LogP contribution in [-0.2, 0) is 4.79 Å². The first-order valence-corrected chi connectivity index (χ1v) is 9.80. The zero-order valence-electron chi connectivity index (χ0n) is 16.7. The second-order valence-electron chi connectivity index (χ2n) is 7.00. The van der Waals surface area contributed by atoms with Gasteiger partial charge in [0.15, 0.2) is 6.54 Å². The van der Waals surface area contributed by atoms with Crippen LogP contribution in [0.4, 0.5) is 8.78 Å². The molecule has 0 bridgehead atoms. The van der Waals surface area contributed by atoms with Crippen LogP contribution in [0.1, 0.15) is 35.7 Å². The molecule has 30 heavy (non-hydrogen) atoms. The van der Waals surface area contributed by atoms with Gasteiger partial charge in [0, 0.05) is 5.56 Å². The Kier molecular flexibility index (Phi) is 7.51. The molecular formula is C24H25F2N2O2+. The van der Waals surface area contributed by atoms with E-state index in [1.165, 1.54) is 12.1 Å². The first-order valence-electron chi connectivity index (χ1n) is 9.80. The molecule has 4 nitrogen and oxygen atoms in total. The minimum Gasteiger partial charge on any atom is -0.435 e. The molecule has 1 amide bonds. The third-order valence-electron chi connectivity index (χ3n) is 4.86. The van der Waals surface area contributed by atoms with Gasteiger partial charge < -0.3 is 15.4 Å². The highest BCUT2D eigenvalue weighted by Crippen LogP contribution is 2.24. The highest BCUT2D eigenvalue weighted by Gasteiger charge is 2.19. The van der Waals surface area contributed by atoms with Gasteiger partial charge in [-0.1, -0.05) is 72.8 Å². The number of hydrogen-bond acceptors (Lipinski definition) is 2. The summed E-state index contributed by atoms with van der Waals surface area (Å²) >= 11 is 0. The van der Waals surface area contributed by atoms with Gasteiger partial charge in [-0.25, -0.2) is 0 Å². The zero-order valence-corrected chi connectivity index (χ0v) is 16.7. The van der Waals surface area contributed by atoms with Crippen LogP contribution in [0, 0.1) is 0 Å². The predicted octanol–water partition coefficient (Wildman–Crippen LogP) is 3.82. The van der Waals surface area contributed by atoms with E-state index < -0.39 is 6.61 Å². The predicted molar refractivity (Wildman–Crippen MR) is 111 cm³/mol. The first kappa shape index (κ1) is 21.5. The summed E-state index contributed by atoms with van der Waals surface area (Å²) in [6.07, 6.45) is 0. The molecule has 2 atom stereocenters. The van der Waals surface area contributed by atoms with Crippen molar-refractivity contribution in [3.05, 3.63) is 102 Å². The topological polar surface area (TPSA) is 54.9 Å². The molecule has 0 aromatic heterocycles. The van der Waals surface area contributed by atoms with Crippen LogP contribution in [0.5, 0.6) is 5.75 Å². The summed E-state index contributed by atoms with van der Waals surface area (Å²) in [6, 6.07) is 25.6. The van der Waals surface area contributed by atoms with Crippen LogP contribution in [0.25, 0.3) is 0 Å². The van der Waals surface area contributed by atoms with E-state index in [-0.39, 0.29) is 30.3 Å². The Morgan fingerprint density at radius 1 is 0.867 bits per heavy atom. The second kappa shape index (κ2) is 10.5. The average molecular weight is 411 g/mol. The third kappa shape index (κ3) is 6.12. The summed E-state index contributed by atoms with van der Waals surface area (Å²) in [6.45, 7) is -0.548. The molecule has 6 heteroatoms. The minimum atomic E-state index is -2.87. The van der Waals surface area contributed by atoms with Gasteiger partial charge in [-0.3, -0.25) is 4.79 Å². The summed E-state index contributed by atoms with van der Waals surface area (Å²) in [5.41, 5.74) is 2.84. The Labute approximate surface area is 174 Å². The van der Waals surface area contributed by atoms with Crippen LogP contribution < -0.4 is 15.4 Å². The molecule has 0 unspecified atom stereocenters. The Morgan fingerprint density at radius 3 is 1.97 bits per heavy atom.